The molecule has 2 bridgehead atoms. The molecule has 9 heavy (non-hydrogen) atoms. The standard InChI is InChI=1S/C8H12N/c1-3-7-5-2-6-8(4-1)9-7/h3,8H,1-2,4-6H2. The fourth-order valence-electron chi connectivity index (χ4n) is 1.69. The van der Waals surface area contributed by atoms with Crippen molar-refractivity contribution in [1.82, 2.24) is 5.32 Å². The SMILES string of the molecule is C1=C2CCCC(CC1)[N]2. The van der Waals surface area contributed by atoms with E-state index in [1.807, 2.05) is 0 Å². The predicted octanol–water partition coefficient (Wildman–Crippen LogP) is 1.82. The van der Waals surface area contributed by atoms with Gasteiger partial charge in [0, 0.05) is 5.70 Å². The summed E-state index contributed by atoms with van der Waals surface area (Å²) in [5, 5.41) is 4.55. The van der Waals surface area contributed by atoms with Crippen molar-refractivity contribution in [2.45, 2.75) is 38.1 Å². The fraction of sp³-hybridized carbons (Fsp3) is 0.750. The molecule has 1 heteroatoms. The molecule has 1 nitrogen and oxygen atoms in total. The maximum Gasteiger partial charge on any atom is 0.0505 e. The summed E-state index contributed by atoms with van der Waals surface area (Å²) < 4.78 is 0. The number of allylic oxidation sites excluding steroid dienone is 2. The second-order valence-electron chi connectivity index (χ2n) is 2.95. The van der Waals surface area contributed by atoms with E-state index in [0.717, 1.165) is 0 Å². The van der Waals surface area contributed by atoms with Gasteiger partial charge in [-0.15, -0.1) is 0 Å². The van der Waals surface area contributed by atoms with Crippen LogP contribution in [-0.2, 0) is 0 Å². The van der Waals surface area contributed by atoms with Gasteiger partial charge in [-0.25, -0.2) is 0 Å². The second-order valence-corrected chi connectivity index (χ2v) is 2.95. The van der Waals surface area contributed by atoms with E-state index < -0.39 is 0 Å². The number of nitrogens with zero attached hydrogens (tertiary/aromatic N) is 1. The van der Waals surface area contributed by atoms with Gasteiger partial charge in [-0.1, -0.05) is 6.08 Å². The fourth-order valence-corrected chi connectivity index (χ4v) is 1.69. The van der Waals surface area contributed by atoms with Gasteiger partial charge in [-0.2, -0.15) is 0 Å². The van der Waals surface area contributed by atoms with Gasteiger partial charge < -0.3 is 0 Å². The first kappa shape index (κ1) is 5.33. The molecule has 2 rings (SSSR count). The first-order valence-corrected chi connectivity index (χ1v) is 3.85. The summed E-state index contributed by atoms with van der Waals surface area (Å²) >= 11 is 0. The molecule has 0 aromatic carbocycles. The maximum absolute atomic E-state index is 4.55. The maximum atomic E-state index is 4.55. The lowest BCUT2D eigenvalue weighted by atomic mass is 9.94. The van der Waals surface area contributed by atoms with Crippen molar-refractivity contribution >= 4 is 0 Å². The quantitative estimate of drug-likeness (QED) is 0.465. The van der Waals surface area contributed by atoms with Crippen molar-refractivity contribution in [3.63, 3.8) is 0 Å². The summed E-state index contributed by atoms with van der Waals surface area (Å²) in [6.45, 7) is 0. The van der Waals surface area contributed by atoms with Crippen LogP contribution in [0, 0.1) is 0 Å². The van der Waals surface area contributed by atoms with E-state index in [0.29, 0.717) is 6.04 Å². The van der Waals surface area contributed by atoms with Crippen LogP contribution < -0.4 is 5.32 Å². The normalized spacial score (nSPS) is 32.9. The molecule has 0 N–H and O–H groups in total. The lowest BCUT2D eigenvalue weighted by Gasteiger charge is -2.27. The Balaban J connectivity index is 2.13. The van der Waals surface area contributed by atoms with Crippen LogP contribution in [0.5, 0.6) is 0 Å². The Bertz CT molecular complexity index is 138. The van der Waals surface area contributed by atoms with Gasteiger partial charge >= 0.3 is 0 Å². The van der Waals surface area contributed by atoms with E-state index in [9.17, 15) is 0 Å². The van der Waals surface area contributed by atoms with E-state index in [-0.39, 0.29) is 0 Å². The Labute approximate surface area is 56.1 Å². The van der Waals surface area contributed by atoms with E-state index >= 15 is 0 Å². The van der Waals surface area contributed by atoms with Crippen molar-refractivity contribution in [2.24, 2.45) is 0 Å². The molecule has 1 fully saturated rings. The summed E-state index contributed by atoms with van der Waals surface area (Å²) in [6, 6.07) is 0.707. The van der Waals surface area contributed by atoms with E-state index in [4.69, 9.17) is 0 Å². The molecule has 2 heterocycles. The summed E-state index contributed by atoms with van der Waals surface area (Å²) in [7, 11) is 0. The Morgan fingerprint density at radius 3 is 3.22 bits per heavy atom. The minimum Gasteiger partial charge on any atom is -0.287 e. The van der Waals surface area contributed by atoms with Crippen LogP contribution in [0.15, 0.2) is 11.8 Å². The highest BCUT2D eigenvalue weighted by Crippen LogP contribution is 2.24. The third-order valence-corrected chi connectivity index (χ3v) is 2.20. The molecule has 2 aliphatic rings. The number of rotatable bonds is 0. The molecular weight excluding hydrogens is 110 g/mol. The first-order valence-electron chi connectivity index (χ1n) is 3.85. The minimum absolute atomic E-state index is 0.707. The summed E-state index contributed by atoms with van der Waals surface area (Å²) in [6.07, 6.45) is 8.86. The van der Waals surface area contributed by atoms with Crippen LogP contribution in [0.2, 0.25) is 0 Å². The molecule has 1 radical (unpaired) electrons. The molecule has 0 aromatic rings. The molecule has 49 valence electrons. The predicted molar refractivity (Wildman–Crippen MR) is 37.1 cm³/mol. The van der Waals surface area contributed by atoms with Gasteiger partial charge in [0.05, 0.1) is 6.04 Å². The molecule has 0 amide bonds. The summed E-state index contributed by atoms with van der Waals surface area (Å²) in [5.74, 6) is 0. The zero-order valence-electron chi connectivity index (χ0n) is 5.64. The minimum atomic E-state index is 0.707. The largest absolute Gasteiger partial charge is 0.287 e. The highest BCUT2D eigenvalue weighted by atomic mass is 14.9. The second kappa shape index (κ2) is 2.05. The lowest BCUT2D eigenvalue weighted by molar-refractivity contribution is 0.400. The third kappa shape index (κ3) is 0.958. The van der Waals surface area contributed by atoms with Crippen molar-refractivity contribution in [2.75, 3.05) is 0 Å². The van der Waals surface area contributed by atoms with E-state index in [1.165, 1.54) is 37.8 Å². The van der Waals surface area contributed by atoms with E-state index in [1.54, 1.807) is 0 Å². The van der Waals surface area contributed by atoms with Gasteiger partial charge in [0.1, 0.15) is 0 Å². The van der Waals surface area contributed by atoms with Crippen LogP contribution >= 0.6 is 0 Å². The zero-order chi connectivity index (χ0) is 6.10. The molecule has 0 saturated carbocycles. The van der Waals surface area contributed by atoms with Crippen LogP contribution in [0.25, 0.3) is 0 Å². The van der Waals surface area contributed by atoms with Crippen molar-refractivity contribution in [3.05, 3.63) is 11.8 Å². The number of fused-ring (bicyclic) bond motifs is 2. The molecule has 0 aromatic heterocycles. The molecule has 0 spiro atoms. The third-order valence-electron chi connectivity index (χ3n) is 2.20. The van der Waals surface area contributed by atoms with Gasteiger partial charge in [0.2, 0.25) is 0 Å². The van der Waals surface area contributed by atoms with Crippen molar-refractivity contribution in [1.29, 1.82) is 0 Å². The van der Waals surface area contributed by atoms with Crippen LogP contribution in [0.3, 0.4) is 0 Å². The van der Waals surface area contributed by atoms with Crippen LogP contribution in [-0.4, -0.2) is 6.04 Å². The van der Waals surface area contributed by atoms with Gasteiger partial charge in [0.15, 0.2) is 0 Å². The average molecular weight is 122 g/mol. The molecule has 1 unspecified atom stereocenters. The van der Waals surface area contributed by atoms with Gasteiger partial charge in [0.25, 0.3) is 0 Å². The first-order chi connectivity index (χ1) is 4.45. The summed E-state index contributed by atoms with van der Waals surface area (Å²) in [4.78, 5) is 0. The Morgan fingerprint density at radius 2 is 2.44 bits per heavy atom. The Morgan fingerprint density at radius 1 is 1.44 bits per heavy atom. The number of hydrogen-bond acceptors (Lipinski definition) is 0. The Kier molecular flexibility index (Phi) is 1.22. The highest BCUT2D eigenvalue weighted by Gasteiger charge is 2.19. The summed E-state index contributed by atoms with van der Waals surface area (Å²) in [5.41, 5.74) is 1.39. The van der Waals surface area contributed by atoms with Gasteiger partial charge in [-0.3, -0.25) is 5.32 Å². The van der Waals surface area contributed by atoms with E-state index in [2.05, 4.69) is 11.4 Å². The molecular formula is C8H12N. The number of hydrogen-bond donors (Lipinski definition) is 0. The molecule has 0 aliphatic carbocycles. The van der Waals surface area contributed by atoms with Crippen molar-refractivity contribution in [3.8, 4) is 0 Å². The van der Waals surface area contributed by atoms with Crippen LogP contribution in [0.4, 0.5) is 0 Å². The molecule has 2 aliphatic heterocycles. The number of piperidine rings is 1. The zero-order valence-corrected chi connectivity index (χ0v) is 5.64. The molecule has 1 saturated heterocycles. The van der Waals surface area contributed by atoms with Crippen LogP contribution in [0.1, 0.15) is 32.1 Å². The lowest BCUT2D eigenvalue weighted by Crippen LogP contribution is -2.28. The van der Waals surface area contributed by atoms with Crippen molar-refractivity contribution < 1.29 is 0 Å². The van der Waals surface area contributed by atoms with Gasteiger partial charge in [-0.05, 0) is 32.1 Å². The topological polar surface area (TPSA) is 14.1 Å². The molecule has 1 atom stereocenters. The smallest absolute Gasteiger partial charge is 0.0505 e. The highest BCUT2D eigenvalue weighted by molar-refractivity contribution is 5.07. The monoisotopic (exact) mass is 122 g/mol. The Hall–Kier alpha value is -0.460. The average Bonchev–Trinajstić information content (AvgIpc) is 1.88.